The van der Waals surface area contributed by atoms with Gasteiger partial charge in [0, 0.05) is 12.5 Å². The van der Waals surface area contributed by atoms with Crippen molar-refractivity contribution in [3.05, 3.63) is 35.4 Å². The van der Waals surface area contributed by atoms with E-state index in [-0.39, 0.29) is 23.4 Å². The number of carbonyl (C=O) groups is 1. The third-order valence-electron chi connectivity index (χ3n) is 3.72. The second-order valence-electron chi connectivity index (χ2n) is 7.03. The Bertz CT molecular complexity index is 443. The Morgan fingerprint density at radius 2 is 1.76 bits per heavy atom. The second-order valence-corrected chi connectivity index (χ2v) is 7.03. The van der Waals surface area contributed by atoms with E-state index in [1.54, 1.807) is 0 Å². The lowest BCUT2D eigenvalue weighted by Gasteiger charge is -2.20. The number of rotatable bonds is 6. The van der Waals surface area contributed by atoms with Gasteiger partial charge in [0.2, 0.25) is 5.91 Å². The van der Waals surface area contributed by atoms with Crippen molar-refractivity contribution in [2.24, 2.45) is 5.73 Å². The van der Waals surface area contributed by atoms with Gasteiger partial charge in [-0.2, -0.15) is 0 Å². The molecule has 0 saturated heterocycles. The molecule has 1 aromatic carbocycles. The Labute approximate surface area is 129 Å². The van der Waals surface area contributed by atoms with E-state index in [2.05, 4.69) is 50.4 Å². The van der Waals surface area contributed by atoms with Crippen molar-refractivity contribution in [1.29, 1.82) is 0 Å². The molecule has 118 valence electrons. The Morgan fingerprint density at radius 1 is 1.19 bits per heavy atom. The van der Waals surface area contributed by atoms with Gasteiger partial charge in [-0.3, -0.25) is 4.79 Å². The van der Waals surface area contributed by atoms with Crippen LogP contribution in [0.3, 0.4) is 0 Å². The van der Waals surface area contributed by atoms with Crippen LogP contribution in [-0.4, -0.2) is 11.9 Å². The van der Waals surface area contributed by atoms with Gasteiger partial charge < -0.3 is 11.1 Å². The second kappa shape index (κ2) is 7.60. The summed E-state index contributed by atoms with van der Waals surface area (Å²) in [5, 5.41) is 3.05. The Kier molecular flexibility index (Phi) is 6.41. The maximum absolute atomic E-state index is 11.9. The molecule has 0 radical (unpaired) electrons. The first-order valence-corrected chi connectivity index (χ1v) is 7.85. The molecule has 0 aliphatic heterocycles. The molecule has 3 N–H and O–H groups in total. The zero-order valence-corrected chi connectivity index (χ0v) is 14.1. The first kappa shape index (κ1) is 17.7. The molecule has 0 heterocycles. The molecular weight excluding hydrogens is 260 g/mol. The van der Waals surface area contributed by atoms with E-state index in [1.165, 1.54) is 5.56 Å². The van der Waals surface area contributed by atoms with Gasteiger partial charge in [-0.1, -0.05) is 45.0 Å². The Hall–Kier alpha value is -1.35. The van der Waals surface area contributed by atoms with Crippen LogP contribution in [0.5, 0.6) is 0 Å². The monoisotopic (exact) mass is 290 g/mol. The minimum absolute atomic E-state index is 0.0434. The van der Waals surface area contributed by atoms with Crippen LogP contribution in [0.4, 0.5) is 0 Å². The first-order chi connectivity index (χ1) is 9.70. The highest BCUT2D eigenvalue weighted by atomic mass is 16.1. The van der Waals surface area contributed by atoms with Crippen LogP contribution in [0.15, 0.2) is 24.3 Å². The Morgan fingerprint density at radius 3 is 2.24 bits per heavy atom. The fraction of sp³-hybridized carbons (Fsp3) is 0.611. The predicted molar refractivity (Wildman–Crippen MR) is 89.2 cm³/mol. The van der Waals surface area contributed by atoms with Gasteiger partial charge in [-0.15, -0.1) is 0 Å². The molecule has 21 heavy (non-hydrogen) atoms. The molecule has 0 spiro atoms. The Balaban J connectivity index is 2.52. The molecule has 0 aliphatic carbocycles. The maximum Gasteiger partial charge on any atom is 0.220 e. The lowest BCUT2D eigenvalue weighted by atomic mass is 9.86. The van der Waals surface area contributed by atoms with Gasteiger partial charge >= 0.3 is 0 Å². The van der Waals surface area contributed by atoms with Gasteiger partial charge in [0.05, 0.1) is 6.04 Å². The molecule has 0 fully saturated rings. The fourth-order valence-corrected chi connectivity index (χ4v) is 2.25. The van der Waals surface area contributed by atoms with Crippen LogP contribution in [0, 0.1) is 0 Å². The summed E-state index contributed by atoms with van der Waals surface area (Å²) in [5.41, 5.74) is 8.29. The van der Waals surface area contributed by atoms with E-state index < -0.39 is 0 Å². The number of hydrogen-bond donors (Lipinski definition) is 2. The summed E-state index contributed by atoms with van der Waals surface area (Å²) in [6, 6.07) is 8.71. The lowest BCUT2D eigenvalue weighted by Crippen LogP contribution is -2.27. The van der Waals surface area contributed by atoms with Crippen molar-refractivity contribution in [3.63, 3.8) is 0 Å². The minimum Gasteiger partial charge on any atom is -0.350 e. The van der Waals surface area contributed by atoms with E-state index in [4.69, 9.17) is 5.73 Å². The lowest BCUT2D eigenvalue weighted by molar-refractivity contribution is -0.121. The number of nitrogens with one attached hydrogen (secondary N) is 1. The SMILES string of the molecule is CC(N)CCCC(=O)NC(C)c1ccc(C(C)(C)C)cc1. The van der Waals surface area contributed by atoms with Gasteiger partial charge in [0.25, 0.3) is 0 Å². The topological polar surface area (TPSA) is 55.1 Å². The molecular formula is C18H30N2O. The van der Waals surface area contributed by atoms with Crippen LogP contribution in [-0.2, 0) is 10.2 Å². The van der Waals surface area contributed by atoms with E-state index in [0.717, 1.165) is 18.4 Å². The largest absolute Gasteiger partial charge is 0.350 e. The van der Waals surface area contributed by atoms with Crippen molar-refractivity contribution in [3.8, 4) is 0 Å². The standard InChI is InChI=1S/C18H30N2O/c1-13(19)7-6-8-17(21)20-14(2)15-9-11-16(12-10-15)18(3,4)5/h9-14H,6-8,19H2,1-5H3,(H,20,21). The molecule has 0 aliphatic rings. The number of nitrogens with two attached hydrogens (primary N) is 1. The molecule has 0 saturated carbocycles. The van der Waals surface area contributed by atoms with Crippen LogP contribution >= 0.6 is 0 Å². The summed E-state index contributed by atoms with van der Waals surface area (Å²) in [5.74, 6) is 0.100. The van der Waals surface area contributed by atoms with Gasteiger partial charge in [0.15, 0.2) is 0 Å². The summed E-state index contributed by atoms with van der Waals surface area (Å²) in [6.45, 7) is 10.6. The average molecular weight is 290 g/mol. The van der Waals surface area contributed by atoms with Gasteiger partial charge in [0.1, 0.15) is 0 Å². The van der Waals surface area contributed by atoms with Gasteiger partial charge in [-0.05, 0) is 43.2 Å². The molecule has 1 amide bonds. The quantitative estimate of drug-likeness (QED) is 0.839. The summed E-state index contributed by atoms with van der Waals surface area (Å²) in [6.07, 6.45) is 2.28. The van der Waals surface area contributed by atoms with Crippen LogP contribution in [0.25, 0.3) is 0 Å². The normalized spacial score (nSPS) is 14.6. The predicted octanol–water partition coefficient (Wildman–Crippen LogP) is 3.68. The molecule has 0 bridgehead atoms. The number of amides is 1. The van der Waals surface area contributed by atoms with Crippen molar-refractivity contribution in [2.45, 2.75) is 71.4 Å². The minimum atomic E-state index is 0.0434. The highest BCUT2D eigenvalue weighted by molar-refractivity contribution is 5.76. The molecule has 0 aromatic heterocycles. The van der Waals surface area contributed by atoms with Crippen LogP contribution < -0.4 is 11.1 Å². The van der Waals surface area contributed by atoms with Crippen LogP contribution in [0.2, 0.25) is 0 Å². The van der Waals surface area contributed by atoms with E-state index in [9.17, 15) is 4.79 Å². The molecule has 3 heteroatoms. The van der Waals surface area contributed by atoms with E-state index >= 15 is 0 Å². The zero-order valence-electron chi connectivity index (χ0n) is 14.1. The molecule has 3 nitrogen and oxygen atoms in total. The summed E-state index contributed by atoms with van der Waals surface area (Å²) in [4.78, 5) is 11.9. The number of benzene rings is 1. The molecule has 1 rings (SSSR count). The van der Waals surface area contributed by atoms with E-state index in [1.807, 2.05) is 13.8 Å². The summed E-state index contributed by atoms with van der Waals surface area (Å²) >= 11 is 0. The summed E-state index contributed by atoms with van der Waals surface area (Å²) in [7, 11) is 0. The molecule has 2 atom stereocenters. The number of carbonyl (C=O) groups excluding carboxylic acids is 1. The van der Waals surface area contributed by atoms with Crippen molar-refractivity contribution in [2.75, 3.05) is 0 Å². The maximum atomic E-state index is 11.9. The van der Waals surface area contributed by atoms with E-state index in [0.29, 0.717) is 6.42 Å². The highest BCUT2D eigenvalue weighted by Crippen LogP contribution is 2.23. The first-order valence-electron chi connectivity index (χ1n) is 7.85. The third kappa shape index (κ3) is 6.30. The zero-order chi connectivity index (χ0) is 16.0. The van der Waals surface area contributed by atoms with Gasteiger partial charge in [-0.25, -0.2) is 0 Å². The van der Waals surface area contributed by atoms with Crippen molar-refractivity contribution in [1.82, 2.24) is 5.32 Å². The third-order valence-corrected chi connectivity index (χ3v) is 3.72. The van der Waals surface area contributed by atoms with Crippen molar-refractivity contribution >= 4 is 5.91 Å². The highest BCUT2D eigenvalue weighted by Gasteiger charge is 2.14. The smallest absolute Gasteiger partial charge is 0.220 e. The molecule has 1 aromatic rings. The summed E-state index contributed by atoms with van der Waals surface area (Å²) < 4.78 is 0. The molecule has 2 unspecified atom stereocenters. The van der Waals surface area contributed by atoms with Crippen LogP contribution in [0.1, 0.15) is 71.0 Å². The fourth-order valence-electron chi connectivity index (χ4n) is 2.25. The van der Waals surface area contributed by atoms with Crippen molar-refractivity contribution < 1.29 is 4.79 Å². The average Bonchev–Trinajstić information content (AvgIpc) is 2.37. The number of hydrogen-bond acceptors (Lipinski definition) is 2.